The second-order valence-corrected chi connectivity index (χ2v) is 14.7. The van der Waals surface area contributed by atoms with Gasteiger partial charge in [-0.2, -0.15) is 0 Å². The van der Waals surface area contributed by atoms with Crippen molar-refractivity contribution in [3.05, 3.63) is 71.3 Å². The number of hydrogen-bond donors (Lipinski definition) is 8. The molecule has 68 heavy (non-hydrogen) atoms. The van der Waals surface area contributed by atoms with Crippen molar-refractivity contribution in [3.63, 3.8) is 0 Å². The Balaban J connectivity index is 1.30. The number of aliphatic hydroxyl groups is 5. The molecule has 0 aliphatic carbocycles. The minimum atomic E-state index is -2.04. The van der Waals surface area contributed by atoms with Gasteiger partial charge < -0.3 is 97.7 Å². The number of aromatic hydroxyl groups is 3. The van der Waals surface area contributed by atoms with Crippen LogP contribution in [0.4, 0.5) is 0 Å². The van der Waals surface area contributed by atoms with Crippen LogP contribution in [0, 0.1) is 0 Å². The minimum absolute atomic E-state index is 0.0149. The number of benzene rings is 3. The fourth-order valence-electron chi connectivity index (χ4n) is 6.71. The maximum absolute atomic E-state index is 13.2. The molecule has 2 aliphatic heterocycles. The summed E-state index contributed by atoms with van der Waals surface area (Å²) < 4.78 is 63.9. The molecule has 5 rings (SSSR count). The molecule has 10 unspecified atom stereocenters. The number of esters is 3. The summed E-state index contributed by atoms with van der Waals surface area (Å²) in [6.07, 6.45) is -11.7. The van der Waals surface area contributed by atoms with E-state index in [1.54, 1.807) is 0 Å². The highest BCUT2D eigenvalue weighted by atomic mass is 16.7. The van der Waals surface area contributed by atoms with Gasteiger partial charge in [-0.1, -0.05) is 0 Å². The normalized spacial score (nSPS) is 24.9. The molecule has 23 nitrogen and oxygen atoms in total. The molecule has 0 amide bonds. The smallest absolute Gasteiger partial charge is 0.333 e. The molecule has 23 heteroatoms. The summed E-state index contributed by atoms with van der Waals surface area (Å²) in [6.45, 7) is -1.43. The summed E-state index contributed by atoms with van der Waals surface area (Å²) in [5.41, 5.74) is 0.984. The van der Waals surface area contributed by atoms with Crippen LogP contribution in [0.1, 0.15) is 16.7 Å². The van der Waals surface area contributed by atoms with Gasteiger partial charge in [0.25, 0.3) is 0 Å². The number of carbonyl (C=O) groups excluding carboxylic acids is 3. The lowest BCUT2D eigenvalue weighted by Gasteiger charge is -2.43. The van der Waals surface area contributed by atoms with Crippen molar-refractivity contribution in [3.8, 4) is 51.7 Å². The lowest BCUT2D eigenvalue weighted by Crippen LogP contribution is -2.62. The molecule has 8 N–H and O–H groups in total. The molecule has 3 aromatic carbocycles. The van der Waals surface area contributed by atoms with Gasteiger partial charge in [0.05, 0.1) is 49.3 Å². The minimum Gasteiger partial charge on any atom is -0.502 e. The molecule has 2 heterocycles. The molecule has 0 spiro atoms. The fourth-order valence-corrected chi connectivity index (χ4v) is 6.71. The van der Waals surface area contributed by atoms with Crippen LogP contribution in [0.2, 0.25) is 0 Å². The van der Waals surface area contributed by atoms with E-state index in [1.165, 1.54) is 97.3 Å². The van der Waals surface area contributed by atoms with Crippen molar-refractivity contribution in [2.24, 2.45) is 0 Å². The fraction of sp³-hybridized carbons (Fsp3) is 0.400. The number of hydrogen-bond acceptors (Lipinski definition) is 23. The van der Waals surface area contributed by atoms with Crippen molar-refractivity contribution >= 4 is 36.1 Å². The zero-order chi connectivity index (χ0) is 49.8. The Kier molecular flexibility index (Phi) is 18.2. The number of phenolic OH excluding ortho intramolecular Hbond substituents is 3. The average molecular weight is 961 g/mol. The Morgan fingerprint density at radius 2 is 0.824 bits per heavy atom. The molecule has 0 saturated carbocycles. The molecule has 0 bridgehead atoms. The van der Waals surface area contributed by atoms with Crippen molar-refractivity contribution in [2.75, 3.05) is 55.9 Å². The maximum Gasteiger partial charge on any atom is 0.333 e. The van der Waals surface area contributed by atoms with Crippen molar-refractivity contribution < 1.29 is 112 Å². The standard InChI is InChI=1S/C45H52O23/c1-57-24-13-21(14-25(58-2)35(24)49)7-10-32(46)63-19-30-38(52)40(54)42(56)44(65-30)64-20-31-39(53)41(55)43(67-33(47)11-8-22-15-26(59-3)36(50)27(16-22)60-4)45(66-31)68-34(48)12-9-23-17-28(61-5)37(51)29(18-23)62-6/h7-18,30-31,38-45,49-56H,19-20H2,1-6H3. The van der Waals surface area contributed by atoms with E-state index >= 15 is 0 Å². The predicted molar refractivity (Wildman–Crippen MR) is 231 cm³/mol. The number of aliphatic hydroxyl groups excluding tert-OH is 5. The Hall–Kier alpha value is -6.83. The third kappa shape index (κ3) is 12.6. The molecule has 0 radical (unpaired) electrons. The van der Waals surface area contributed by atoms with E-state index in [4.69, 9.17) is 56.8 Å². The number of rotatable bonds is 19. The monoisotopic (exact) mass is 960 g/mol. The SMILES string of the molecule is COc1cc(C=CC(=O)OCC2OC(OCC3OC(OC(=O)C=Cc4cc(OC)c(O)c(OC)c4)C(OC(=O)C=Cc4cc(OC)c(O)c(OC)c4)C(O)C3O)C(O)C(O)C2O)cc(OC)c1O. The maximum atomic E-state index is 13.2. The Labute approximate surface area is 388 Å². The highest BCUT2D eigenvalue weighted by Crippen LogP contribution is 2.40. The summed E-state index contributed by atoms with van der Waals surface area (Å²) in [5, 5.41) is 85.2. The van der Waals surface area contributed by atoms with Gasteiger partial charge in [0.1, 0.15) is 49.3 Å². The Morgan fingerprint density at radius 3 is 1.24 bits per heavy atom. The van der Waals surface area contributed by atoms with Crippen LogP contribution in [0.5, 0.6) is 51.7 Å². The Bertz CT molecular complexity index is 2250. The number of ether oxygens (including phenoxy) is 12. The second kappa shape index (κ2) is 23.8. The van der Waals surface area contributed by atoms with Gasteiger partial charge in [-0.25, -0.2) is 14.4 Å². The lowest BCUT2D eigenvalue weighted by atomic mass is 9.98. The van der Waals surface area contributed by atoms with Crippen LogP contribution in [-0.2, 0) is 42.8 Å². The van der Waals surface area contributed by atoms with E-state index in [1.807, 2.05) is 0 Å². The van der Waals surface area contributed by atoms with Crippen molar-refractivity contribution in [2.45, 2.75) is 61.4 Å². The summed E-state index contributed by atoms with van der Waals surface area (Å²) >= 11 is 0. The average Bonchev–Trinajstić information content (AvgIpc) is 3.33. The summed E-state index contributed by atoms with van der Waals surface area (Å²) in [7, 11) is 7.83. The van der Waals surface area contributed by atoms with E-state index in [0.29, 0.717) is 16.7 Å². The number of methoxy groups -OCH3 is 6. The van der Waals surface area contributed by atoms with Crippen LogP contribution in [0.3, 0.4) is 0 Å². The highest BCUT2D eigenvalue weighted by Gasteiger charge is 2.50. The first-order chi connectivity index (χ1) is 32.5. The molecular formula is C45H52O23. The van der Waals surface area contributed by atoms with Gasteiger partial charge in [-0.3, -0.25) is 0 Å². The number of phenols is 3. The van der Waals surface area contributed by atoms with Gasteiger partial charge in [0.2, 0.25) is 23.5 Å². The zero-order valence-corrected chi connectivity index (χ0v) is 37.3. The van der Waals surface area contributed by atoms with Crippen LogP contribution in [-0.4, -0.2) is 176 Å². The highest BCUT2D eigenvalue weighted by molar-refractivity contribution is 5.89. The van der Waals surface area contributed by atoms with Gasteiger partial charge in [-0.15, -0.1) is 0 Å². The third-order valence-electron chi connectivity index (χ3n) is 10.4. The van der Waals surface area contributed by atoms with Crippen molar-refractivity contribution in [1.82, 2.24) is 0 Å². The topological polar surface area (TPSA) is 324 Å². The van der Waals surface area contributed by atoms with Crippen LogP contribution in [0.25, 0.3) is 18.2 Å². The van der Waals surface area contributed by atoms with E-state index in [9.17, 15) is 55.2 Å². The van der Waals surface area contributed by atoms with Crippen molar-refractivity contribution in [1.29, 1.82) is 0 Å². The van der Waals surface area contributed by atoms with Crippen LogP contribution >= 0.6 is 0 Å². The summed E-state index contributed by atoms with van der Waals surface area (Å²) in [5.74, 6) is -3.84. The largest absolute Gasteiger partial charge is 0.502 e. The molecule has 10 atom stereocenters. The van der Waals surface area contributed by atoms with E-state index in [0.717, 1.165) is 18.2 Å². The molecule has 0 aromatic heterocycles. The van der Waals surface area contributed by atoms with E-state index in [2.05, 4.69) is 0 Å². The number of carbonyl (C=O) groups is 3. The first kappa shape index (κ1) is 52.1. The predicted octanol–water partition coefficient (Wildman–Crippen LogP) is 0.564. The van der Waals surface area contributed by atoms with Gasteiger partial charge >= 0.3 is 17.9 Å². The van der Waals surface area contributed by atoms with Gasteiger partial charge in [0.15, 0.2) is 46.9 Å². The van der Waals surface area contributed by atoms with Gasteiger partial charge in [-0.05, 0) is 71.3 Å². The van der Waals surface area contributed by atoms with E-state index in [-0.39, 0.29) is 51.7 Å². The quantitative estimate of drug-likeness (QED) is 0.0462. The third-order valence-corrected chi connectivity index (χ3v) is 10.4. The molecule has 3 aromatic rings. The second-order valence-electron chi connectivity index (χ2n) is 14.7. The summed E-state index contributed by atoms with van der Waals surface area (Å²) in [6, 6.07) is 8.34. The van der Waals surface area contributed by atoms with Crippen LogP contribution < -0.4 is 28.4 Å². The molecule has 2 aliphatic rings. The van der Waals surface area contributed by atoms with Gasteiger partial charge in [0, 0.05) is 18.2 Å². The lowest BCUT2D eigenvalue weighted by molar-refractivity contribution is -0.327. The molecule has 2 saturated heterocycles. The van der Waals surface area contributed by atoms with Crippen LogP contribution in [0.15, 0.2) is 54.6 Å². The van der Waals surface area contributed by atoms with E-state index < -0.39 is 92.5 Å². The Morgan fingerprint density at radius 1 is 0.471 bits per heavy atom. The molecule has 2 fully saturated rings. The molecule has 370 valence electrons. The molecular weight excluding hydrogens is 908 g/mol. The first-order valence-electron chi connectivity index (χ1n) is 20.3. The summed E-state index contributed by atoms with van der Waals surface area (Å²) in [4.78, 5) is 39.0. The first-order valence-corrected chi connectivity index (χ1v) is 20.3. The zero-order valence-electron chi connectivity index (χ0n) is 37.3.